The van der Waals surface area contributed by atoms with E-state index in [0.717, 1.165) is 56.3 Å². The third-order valence-corrected chi connectivity index (χ3v) is 7.18. The number of fused-ring (bicyclic) bond motifs is 1. The third-order valence-electron chi connectivity index (χ3n) is 5.68. The van der Waals surface area contributed by atoms with Gasteiger partial charge in [0.1, 0.15) is 4.83 Å². The van der Waals surface area contributed by atoms with Crippen molar-refractivity contribution >= 4 is 39.1 Å². The van der Waals surface area contributed by atoms with E-state index in [1.54, 1.807) is 6.20 Å². The normalized spacial score (nSPS) is 16.5. The molecular formula is C23H21ClN4OS. The van der Waals surface area contributed by atoms with E-state index in [0.29, 0.717) is 6.54 Å². The molecule has 4 aromatic rings. The maximum absolute atomic E-state index is 13.4. The molecule has 5 nitrogen and oxygen atoms in total. The fourth-order valence-corrected chi connectivity index (χ4v) is 5.50. The Morgan fingerprint density at radius 2 is 2.13 bits per heavy atom. The number of carbonyl (C=O) groups excluding carboxylic acids is 1. The maximum atomic E-state index is 13.4. The Morgan fingerprint density at radius 1 is 1.27 bits per heavy atom. The minimum atomic E-state index is 0.0891. The first-order valence-corrected chi connectivity index (χ1v) is 11.2. The summed E-state index contributed by atoms with van der Waals surface area (Å²) in [4.78, 5) is 21.4. The lowest BCUT2D eigenvalue weighted by atomic mass is 10.1. The number of nitrogens with zero attached hydrogens (tertiary/aromatic N) is 4. The standard InChI is InChI=1S/C23H21ClN4OS/c1-15-18-12-21(22(29)27-11-5-9-20(27)16-7-4-10-25-13-16)30-23(18)28(26-15)14-17-6-2-3-8-19(17)24/h2-4,6-8,10,12-13,20H,5,9,11,14H2,1H3. The summed E-state index contributed by atoms with van der Waals surface area (Å²) in [6, 6.07) is 13.9. The molecule has 1 aromatic carbocycles. The van der Waals surface area contributed by atoms with Crippen molar-refractivity contribution < 1.29 is 4.79 Å². The molecule has 7 heteroatoms. The molecule has 0 bridgehead atoms. The van der Waals surface area contributed by atoms with Crippen LogP contribution in [0, 0.1) is 6.92 Å². The second kappa shape index (κ2) is 7.85. The highest BCUT2D eigenvalue weighted by Gasteiger charge is 2.32. The van der Waals surface area contributed by atoms with Gasteiger partial charge in [0.05, 0.1) is 23.2 Å². The minimum Gasteiger partial charge on any atom is -0.331 e. The maximum Gasteiger partial charge on any atom is 0.264 e. The number of hydrogen-bond donors (Lipinski definition) is 0. The van der Waals surface area contributed by atoms with Crippen molar-refractivity contribution in [2.75, 3.05) is 6.54 Å². The molecule has 0 spiro atoms. The van der Waals surface area contributed by atoms with E-state index in [-0.39, 0.29) is 11.9 Å². The minimum absolute atomic E-state index is 0.0891. The number of thiophene rings is 1. The van der Waals surface area contributed by atoms with Crippen molar-refractivity contribution in [2.45, 2.75) is 32.4 Å². The average Bonchev–Trinajstić information content (AvgIpc) is 3.48. The van der Waals surface area contributed by atoms with E-state index >= 15 is 0 Å². The van der Waals surface area contributed by atoms with Gasteiger partial charge in [-0.15, -0.1) is 11.3 Å². The first-order chi connectivity index (χ1) is 14.6. The number of carbonyl (C=O) groups is 1. The van der Waals surface area contributed by atoms with E-state index in [4.69, 9.17) is 11.6 Å². The molecule has 4 heterocycles. The number of likely N-dealkylation sites (tertiary alicyclic amines) is 1. The second-order valence-corrected chi connectivity index (χ2v) is 9.04. The molecule has 0 radical (unpaired) electrons. The highest BCUT2D eigenvalue weighted by molar-refractivity contribution is 7.20. The number of aryl methyl sites for hydroxylation is 1. The number of pyridine rings is 1. The molecule has 1 aliphatic rings. The van der Waals surface area contributed by atoms with Crippen LogP contribution in [-0.4, -0.2) is 32.1 Å². The number of hydrogen-bond acceptors (Lipinski definition) is 4. The van der Waals surface area contributed by atoms with Crippen LogP contribution in [0.1, 0.15) is 45.4 Å². The molecule has 1 amide bonds. The van der Waals surface area contributed by atoms with Crippen LogP contribution in [0.3, 0.4) is 0 Å². The molecule has 0 aliphatic carbocycles. The molecule has 30 heavy (non-hydrogen) atoms. The number of amides is 1. The topological polar surface area (TPSA) is 51.0 Å². The Morgan fingerprint density at radius 3 is 2.93 bits per heavy atom. The fraction of sp³-hybridized carbons (Fsp3) is 0.261. The Bertz CT molecular complexity index is 1220. The lowest BCUT2D eigenvalue weighted by Crippen LogP contribution is -2.30. The molecule has 1 atom stereocenters. The monoisotopic (exact) mass is 436 g/mol. The van der Waals surface area contributed by atoms with Gasteiger partial charge in [-0.25, -0.2) is 0 Å². The van der Waals surface area contributed by atoms with Crippen molar-refractivity contribution in [3.63, 3.8) is 0 Å². The molecule has 152 valence electrons. The Hall–Kier alpha value is -2.70. The van der Waals surface area contributed by atoms with Crippen molar-refractivity contribution in [1.82, 2.24) is 19.7 Å². The molecular weight excluding hydrogens is 416 g/mol. The highest BCUT2D eigenvalue weighted by Crippen LogP contribution is 2.36. The van der Waals surface area contributed by atoms with Gasteiger partial charge >= 0.3 is 0 Å². The third kappa shape index (κ3) is 3.40. The van der Waals surface area contributed by atoms with Crippen molar-refractivity contribution in [3.8, 4) is 0 Å². The van der Waals surface area contributed by atoms with E-state index in [2.05, 4.69) is 16.1 Å². The Balaban J connectivity index is 1.46. The largest absolute Gasteiger partial charge is 0.331 e. The Kier molecular flexibility index (Phi) is 5.05. The van der Waals surface area contributed by atoms with E-state index in [1.165, 1.54) is 11.3 Å². The van der Waals surface area contributed by atoms with E-state index in [9.17, 15) is 4.79 Å². The molecule has 1 saturated heterocycles. The first-order valence-electron chi connectivity index (χ1n) is 10.0. The fourth-order valence-electron chi connectivity index (χ4n) is 4.18. The van der Waals surface area contributed by atoms with Crippen molar-refractivity contribution in [2.24, 2.45) is 0 Å². The highest BCUT2D eigenvalue weighted by atomic mass is 35.5. The van der Waals surface area contributed by atoms with Crippen LogP contribution in [-0.2, 0) is 6.54 Å². The summed E-state index contributed by atoms with van der Waals surface area (Å²) in [5.74, 6) is 0.0891. The molecule has 0 N–H and O–H groups in total. The van der Waals surface area contributed by atoms with Gasteiger partial charge in [-0.3, -0.25) is 14.5 Å². The lowest BCUT2D eigenvalue weighted by Gasteiger charge is -2.24. The van der Waals surface area contributed by atoms with E-state index in [1.807, 2.05) is 59.1 Å². The van der Waals surface area contributed by atoms with Gasteiger partial charge in [0.2, 0.25) is 0 Å². The van der Waals surface area contributed by atoms with Crippen molar-refractivity contribution in [3.05, 3.63) is 81.6 Å². The summed E-state index contributed by atoms with van der Waals surface area (Å²) in [5.41, 5.74) is 3.05. The lowest BCUT2D eigenvalue weighted by molar-refractivity contribution is 0.0740. The number of halogens is 1. The van der Waals surface area contributed by atoms with E-state index < -0.39 is 0 Å². The number of aromatic nitrogens is 3. The number of benzene rings is 1. The van der Waals surface area contributed by atoms with Crippen LogP contribution in [0.25, 0.3) is 10.2 Å². The van der Waals surface area contributed by atoms with Gasteiger partial charge in [-0.05, 0) is 49.1 Å². The zero-order valence-electron chi connectivity index (χ0n) is 16.6. The molecule has 1 fully saturated rings. The quantitative estimate of drug-likeness (QED) is 0.425. The number of rotatable bonds is 4. The summed E-state index contributed by atoms with van der Waals surface area (Å²) >= 11 is 7.86. The second-order valence-electron chi connectivity index (χ2n) is 7.61. The van der Waals surface area contributed by atoms with Crippen LogP contribution >= 0.6 is 22.9 Å². The van der Waals surface area contributed by atoms with Gasteiger partial charge in [0, 0.05) is 29.3 Å². The summed E-state index contributed by atoms with van der Waals surface area (Å²) in [5, 5.41) is 6.44. The molecule has 5 rings (SSSR count). The van der Waals surface area contributed by atoms with Gasteiger partial charge in [0.25, 0.3) is 5.91 Å². The van der Waals surface area contributed by atoms with Crippen LogP contribution < -0.4 is 0 Å². The van der Waals surface area contributed by atoms with Gasteiger partial charge in [-0.2, -0.15) is 5.10 Å². The summed E-state index contributed by atoms with van der Waals surface area (Å²) < 4.78 is 1.95. The van der Waals surface area contributed by atoms with Crippen LogP contribution in [0.2, 0.25) is 5.02 Å². The SMILES string of the molecule is Cc1nn(Cc2ccccc2Cl)c2sc(C(=O)N3CCCC3c3cccnc3)cc12. The zero-order valence-corrected chi connectivity index (χ0v) is 18.2. The first kappa shape index (κ1) is 19.3. The average molecular weight is 437 g/mol. The van der Waals surface area contributed by atoms with Gasteiger partial charge < -0.3 is 4.90 Å². The smallest absolute Gasteiger partial charge is 0.264 e. The molecule has 1 aliphatic heterocycles. The van der Waals surface area contributed by atoms with Crippen LogP contribution in [0.4, 0.5) is 0 Å². The predicted molar refractivity (Wildman–Crippen MR) is 120 cm³/mol. The van der Waals surface area contributed by atoms with Gasteiger partial charge in [0.15, 0.2) is 0 Å². The molecule has 0 saturated carbocycles. The summed E-state index contributed by atoms with van der Waals surface area (Å²) in [7, 11) is 0. The summed E-state index contributed by atoms with van der Waals surface area (Å²) in [6.45, 7) is 3.35. The van der Waals surface area contributed by atoms with Gasteiger partial charge in [-0.1, -0.05) is 35.9 Å². The Labute approximate surface area is 183 Å². The van der Waals surface area contributed by atoms with Crippen LogP contribution in [0.5, 0.6) is 0 Å². The molecule has 3 aromatic heterocycles. The predicted octanol–water partition coefficient (Wildman–Crippen LogP) is 5.48. The van der Waals surface area contributed by atoms with Crippen molar-refractivity contribution in [1.29, 1.82) is 0 Å². The zero-order chi connectivity index (χ0) is 20.7. The summed E-state index contributed by atoms with van der Waals surface area (Å²) in [6.07, 6.45) is 5.62. The van der Waals surface area contributed by atoms with Crippen LogP contribution in [0.15, 0.2) is 54.9 Å². The molecule has 1 unspecified atom stereocenters.